The van der Waals surface area contributed by atoms with Gasteiger partial charge in [-0.25, -0.2) is 4.98 Å². The van der Waals surface area contributed by atoms with Gasteiger partial charge in [0.25, 0.3) is 5.56 Å². The van der Waals surface area contributed by atoms with Crippen LogP contribution in [0, 0.1) is 0 Å². The first kappa shape index (κ1) is 13.5. The summed E-state index contributed by atoms with van der Waals surface area (Å²) in [6.07, 6.45) is 1.27. The third kappa shape index (κ3) is 3.45. The van der Waals surface area contributed by atoms with Crippen LogP contribution in [-0.2, 0) is 4.79 Å². The van der Waals surface area contributed by atoms with Gasteiger partial charge >= 0.3 is 0 Å². The Morgan fingerprint density at radius 1 is 1.59 bits per heavy atom. The fourth-order valence-electron chi connectivity index (χ4n) is 1.36. The van der Waals surface area contributed by atoms with Crippen LogP contribution < -0.4 is 15.8 Å². The van der Waals surface area contributed by atoms with Gasteiger partial charge < -0.3 is 15.2 Å². The number of amides is 1. The van der Waals surface area contributed by atoms with Crippen LogP contribution in [0.2, 0.25) is 5.02 Å². The number of nitrogens with one attached hydrogen (secondary N) is 2. The van der Waals surface area contributed by atoms with E-state index >= 15 is 0 Å². The fourth-order valence-corrected chi connectivity index (χ4v) is 1.58. The van der Waals surface area contributed by atoms with Crippen molar-refractivity contribution < 1.29 is 4.79 Å². The first-order valence-corrected chi connectivity index (χ1v) is 5.72. The Bertz CT molecular complexity index is 446. The van der Waals surface area contributed by atoms with Crippen LogP contribution in [0.1, 0.15) is 13.8 Å². The van der Waals surface area contributed by atoms with E-state index in [2.05, 4.69) is 15.3 Å². The molecule has 0 saturated heterocycles. The summed E-state index contributed by atoms with van der Waals surface area (Å²) in [7, 11) is 0. The lowest BCUT2D eigenvalue weighted by Crippen LogP contribution is -2.38. The maximum absolute atomic E-state index is 11.5. The number of anilines is 1. The molecule has 1 rings (SSSR count). The molecule has 1 amide bonds. The highest BCUT2D eigenvalue weighted by Gasteiger charge is 2.15. The lowest BCUT2D eigenvalue weighted by molar-refractivity contribution is -0.119. The minimum atomic E-state index is -0.411. The predicted octanol–water partition coefficient (Wildman–Crippen LogP) is 0.386. The van der Waals surface area contributed by atoms with Crippen LogP contribution in [0.4, 0.5) is 5.82 Å². The van der Waals surface area contributed by atoms with E-state index < -0.39 is 5.56 Å². The van der Waals surface area contributed by atoms with Crippen LogP contribution in [0.3, 0.4) is 0 Å². The summed E-state index contributed by atoms with van der Waals surface area (Å²) in [5, 5.41) is 2.68. The summed E-state index contributed by atoms with van der Waals surface area (Å²) < 4.78 is 0. The van der Waals surface area contributed by atoms with Gasteiger partial charge in [0, 0.05) is 13.1 Å². The topological polar surface area (TPSA) is 78.1 Å². The van der Waals surface area contributed by atoms with Crippen molar-refractivity contribution in [2.75, 3.05) is 24.5 Å². The molecule has 0 aliphatic heterocycles. The SMILES string of the molecule is CCNC(=O)CN(CC)c1nc[nH]c(=O)c1Cl. The molecular formula is C10H15ClN4O2. The smallest absolute Gasteiger partial charge is 0.271 e. The molecule has 0 aliphatic rings. The number of carbonyl (C=O) groups excluding carboxylic acids is 1. The maximum atomic E-state index is 11.5. The van der Waals surface area contributed by atoms with Crippen molar-refractivity contribution in [3.8, 4) is 0 Å². The van der Waals surface area contributed by atoms with E-state index in [0.29, 0.717) is 18.9 Å². The molecule has 0 radical (unpaired) electrons. The zero-order chi connectivity index (χ0) is 12.8. The summed E-state index contributed by atoms with van der Waals surface area (Å²) in [6, 6.07) is 0. The number of nitrogens with zero attached hydrogens (tertiary/aromatic N) is 2. The zero-order valence-electron chi connectivity index (χ0n) is 9.79. The molecule has 0 spiro atoms. The van der Waals surface area contributed by atoms with E-state index in [1.807, 2.05) is 13.8 Å². The van der Waals surface area contributed by atoms with Crippen molar-refractivity contribution in [3.63, 3.8) is 0 Å². The van der Waals surface area contributed by atoms with Gasteiger partial charge in [0.05, 0.1) is 12.9 Å². The van der Waals surface area contributed by atoms with Gasteiger partial charge in [-0.05, 0) is 13.8 Å². The molecule has 2 N–H and O–H groups in total. The molecule has 17 heavy (non-hydrogen) atoms. The van der Waals surface area contributed by atoms with Crippen LogP contribution in [0.5, 0.6) is 0 Å². The third-order valence-electron chi connectivity index (χ3n) is 2.17. The van der Waals surface area contributed by atoms with Gasteiger partial charge in [0.15, 0.2) is 5.82 Å². The van der Waals surface area contributed by atoms with Crippen LogP contribution >= 0.6 is 11.6 Å². The molecule has 7 heteroatoms. The van der Waals surface area contributed by atoms with Crippen molar-refractivity contribution in [3.05, 3.63) is 21.7 Å². The first-order chi connectivity index (χ1) is 8.10. The van der Waals surface area contributed by atoms with E-state index in [4.69, 9.17) is 11.6 Å². The van der Waals surface area contributed by atoms with Gasteiger partial charge in [0.2, 0.25) is 5.91 Å². The molecule has 6 nitrogen and oxygen atoms in total. The molecule has 94 valence electrons. The molecule has 0 bridgehead atoms. The summed E-state index contributed by atoms with van der Waals surface area (Å²) in [4.78, 5) is 30.8. The molecule has 0 aromatic carbocycles. The number of carbonyl (C=O) groups is 1. The van der Waals surface area contributed by atoms with Crippen LogP contribution in [-0.4, -0.2) is 35.5 Å². The average molecular weight is 259 g/mol. The van der Waals surface area contributed by atoms with Gasteiger partial charge in [-0.1, -0.05) is 11.6 Å². The number of likely N-dealkylation sites (N-methyl/N-ethyl adjacent to an activating group) is 2. The van der Waals surface area contributed by atoms with Crippen LogP contribution in [0.15, 0.2) is 11.1 Å². The van der Waals surface area contributed by atoms with Crippen molar-refractivity contribution in [1.29, 1.82) is 0 Å². The average Bonchev–Trinajstić information content (AvgIpc) is 2.30. The monoisotopic (exact) mass is 258 g/mol. The van der Waals surface area contributed by atoms with E-state index in [0.717, 1.165) is 0 Å². The van der Waals surface area contributed by atoms with E-state index in [1.165, 1.54) is 6.33 Å². The summed E-state index contributed by atoms with van der Waals surface area (Å²) in [5.74, 6) is 0.191. The maximum Gasteiger partial charge on any atom is 0.271 e. The number of aromatic nitrogens is 2. The molecule has 1 aromatic heterocycles. The summed E-state index contributed by atoms with van der Waals surface area (Å²) >= 11 is 5.85. The number of halogens is 1. The van der Waals surface area contributed by atoms with Crippen LogP contribution in [0.25, 0.3) is 0 Å². The van der Waals surface area contributed by atoms with Crippen molar-refractivity contribution in [2.45, 2.75) is 13.8 Å². The predicted molar refractivity (Wildman–Crippen MR) is 66.4 cm³/mol. The molecular weight excluding hydrogens is 244 g/mol. The van der Waals surface area contributed by atoms with Crippen molar-refractivity contribution in [1.82, 2.24) is 15.3 Å². The van der Waals surface area contributed by atoms with Gasteiger partial charge in [0.1, 0.15) is 5.02 Å². The Hall–Kier alpha value is -1.56. The standard InChI is InChI=1S/C10H15ClN4O2/c1-3-12-7(16)5-15(4-2)9-8(11)10(17)14-6-13-9/h6H,3-5H2,1-2H3,(H,12,16)(H,13,14,17). The number of hydrogen-bond donors (Lipinski definition) is 2. The molecule has 0 saturated carbocycles. The zero-order valence-corrected chi connectivity index (χ0v) is 10.5. The Morgan fingerprint density at radius 3 is 2.88 bits per heavy atom. The molecule has 1 aromatic rings. The lowest BCUT2D eigenvalue weighted by Gasteiger charge is -2.21. The summed E-state index contributed by atoms with van der Waals surface area (Å²) in [5.41, 5.74) is -0.411. The second kappa shape index (κ2) is 6.24. The first-order valence-electron chi connectivity index (χ1n) is 5.35. The van der Waals surface area contributed by atoms with E-state index in [1.54, 1.807) is 4.90 Å². The minimum Gasteiger partial charge on any atom is -0.355 e. The lowest BCUT2D eigenvalue weighted by atomic mass is 10.4. The van der Waals surface area contributed by atoms with E-state index in [9.17, 15) is 9.59 Å². The second-order valence-corrected chi connectivity index (χ2v) is 3.71. The largest absolute Gasteiger partial charge is 0.355 e. The number of rotatable bonds is 5. The molecule has 0 aliphatic carbocycles. The fraction of sp³-hybridized carbons (Fsp3) is 0.500. The Labute approximate surface area is 104 Å². The quantitative estimate of drug-likeness (QED) is 0.801. The number of H-pyrrole nitrogens is 1. The Balaban J connectivity index is 2.90. The van der Waals surface area contributed by atoms with Gasteiger partial charge in [-0.3, -0.25) is 9.59 Å². The molecule has 0 fully saturated rings. The Kier molecular flexibility index (Phi) is 4.96. The highest BCUT2D eigenvalue weighted by atomic mass is 35.5. The normalized spacial score (nSPS) is 10.1. The van der Waals surface area contributed by atoms with Gasteiger partial charge in [-0.15, -0.1) is 0 Å². The number of aromatic amines is 1. The van der Waals surface area contributed by atoms with Crippen molar-refractivity contribution in [2.24, 2.45) is 0 Å². The van der Waals surface area contributed by atoms with Gasteiger partial charge in [-0.2, -0.15) is 0 Å². The Morgan fingerprint density at radius 2 is 2.29 bits per heavy atom. The minimum absolute atomic E-state index is 0.00125. The van der Waals surface area contributed by atoms with Crippen molar-refractivity contribution >= 4 is 23.3 Å². The van der Waals surface area contributed by atoms with E-state index in [-0.39, 0.29) is 17.5 Å². The highest BCUT2D eigenvalue weighted by Crippen LogP contribution is 2.17. The number of hydrogen-bond acceptors (Lipinski definition) is 4. The highest BCUT2D eigenvalue weighted by molar-refractivity contribution is 6.32. The second-order valence-electron chi connectivity index (χ2n) is 3.34. The summed E-state index contributed by atoms with van der Waals surface area (Å²) in [6.45, 7) is 4.92. The molecule has 1 heterocycles. The third-order valence-corrected chi connectivity index (χ3v) is 2.51. The molecule has 0 unspecified atom stereocenters. The molecule has 0 atom stereocenters.